The van der Waals surface area contributed by atoms with E-state index in [0.29, 0.717) is 0 Å². The molecule has 10 aromatic rings. The van der Waals surface area contributed by atoms with Crippen molar-refractivity contribution in [2.45, 2.75) is 13.8 Å². The number of hydrogen-bond acceptors (Lipinski definition) is 1. The SMILES string of the molecule is Cc1cccc(C)c1-c1cccc2c(-c3c4ccccc4c(-c4cccc(-c5ccc(-c6cccc7ccccc67)nc5)c4)c4ccccc34)cccc12. The summed E-state index contributed by atoms with van der Waals surface area (Å²) < 4.78 is 0. The summed E-state index contributed by atoms with van der Waals surface area (Å²) >= 11 is 0. The van der Waals surface area contributed by atoms with Gasteiger partial charge in [0.25, 0.3) is 0 Å². The largest absolute Gasteiger partial charge is 0.256 e. The van der Waals surface area contributed by atoms with Crippen LogP contribution in [0.4, 0.5) is 0 Å². The molecule has 0 fully saturated rings. The normalized spacial score (nSPS) is 11.5. The minimum atomic E-state index is 0.980. The molecule has 0 saturated carbocycles. The highest BCUT2D eigenvalue weighted by Gasteiger charge is 2.19. The average Bonchev–Trinajstić information content (AvgIpc) is 3.22. The molecule has 1 heteroatoms. The maximum atomic E-state index is 4.98. The molecule has 0 N–H and O–H groups in total. The van der Waals surface area contributed by atoms with E-state index in [1.807, 2.05) is 6.20 Å². The number of hydrogen-bond donors (Lipinski definition) is 0. The third-order valence-electron chi connectivity index (χ3n) is 11.2. The van der Waals surface area contributed by atoms with Gasteiger partial charge in [0.2, 0.25) is 0 Å². The Hall–Kier alpha value is -6.83. The number of aromatic nitrogens is 1. The fourth-order valence-corrected chi connectivity index (χ4v) is 8.74. The molecular weight excluding hydrogens is 651 g/mol. The van der Waals surface area contributed by atoms with Gasteiger partial charge in [-0.3, -0.25) is 4.98 Å². The molecule has 9 aromatic carbocycles. The molecule has 1 heterocycles. The molecule has 54 heavy (non-hydrogen) atoms. The van der Waals surface area contributed by atoms with Gasteiger partial charge in [0.05, 0.1) is 5.69 Å². The summed E-state index contributed by atoms with van der Waals surface area (Å²) in [6, 6.07) is 66.4. The Balaban J connectivity index is 1.14. The Labute approximate surface area is 315 Å². The first-order chi connectivity index (χ1) is 26.6. The van der Waals surface area contributed by atoms with E-state index >= 15 is 0 Å². The number of pyridine rings is 1. The van der Waals surface area contributed by atoms with Crippen LogP contribution in [0.2, 0.25) is 0 Å². The number of aryl methyl sites for hydroxylation is 2. The molecule has 0 amide bonds. The van der Waals surface area contributed by atoms with Crippen molar-refractivity contribution in [3.8, 4) is 55.8 Å². The van der Waals surface area contributed by atoms with Crippen molar-refractivity contribution >= 4 is 43.1 Å². The van der Waals surface area contributed by atoms with Crippen LogP contribution >= 0.6 is 0 Å². The van der Waals surface area contributed by atoms with E-state index in [1.165, 1.54) is 87.6 Å². The highest BCUT2D eigenvalue weighted by molar-refractivity contribution is 6.24. The lowest BCUT2D eigenvalue weighted by Crippen LogP contribution is -1.93. The molecule has 0 aliphatic rings. The van der Waals surface area contributed by atoms with Crippen LogP contribution < -0.4 is 0 Å². The van der Waals surface area contributed by atoms with Crippen LogP contribution in [0.15, 0.2) is 188 Å². The summed E-state index contributed by atoms with van der Waals surface area (Å²) in [5, 5.41) is 9.98. The quantitative estimate of drug-likeness (QED) is 0.164. The van der Waals surface area contributed by atoms with Crippen LogP contribution in [0, 0.1) is 13.8 Å². The van der Waals surface area contributed by atoms with E-state index in [-0.39, 0.29) is 0 Å². The standard InChI is InChI=1S/C53H37N/c1-34-14-9-15-35(2)51(34)44-28-12-26-42-41(44)25-13-29-45(42)53-48-23-7-5-21-46(48)52(47-22-6-8-24-49(47)53)38-19-10-18-37(32-38)39-30-31-50(54-33-39)43-27-11-17-36-16-3-4-20-40(36)43/h3-33H,1-2H3. The number of nitrogens with zero attached hydrogens (tertiary/aromatic N) is 1. The van der Waals surface area contributed by atoms with E-state index in [0.717, 1.165) is 22.4 Å². The van der Waals surface area contributed by atoms with Gasteiger partial charge in [0.1, 0.15) is 0 Å². The zero-order chi connectivity index (χ0) is 36.2. The lowest BCUT2D eigenvalue weighted by atomic mass is 9.83. The molecule has 0 unspecified atom stereocenters. The third kappa shape index (κ3) is 5.20. The van der Waals surface area contributed by atoms with Crippen molar-refractivity contribution in [3.63, 3.8) is 0 Å². The first kappa shape index (κ1) is 31.9. The second-order valence-corrected chi connectivity index (χ2v) is 14.4. The van der Waals surface area contributed by atoms with E-state index in [1.54, 1.807) is 0 Å². The minimum absolute atomic E-state index is 0.980. The molecule has 0 spiro atoms. The van der Waals surface area contributed by atoms with E-state index in [9.17, 15) is 0 Å². The second kappa shape index (κ2) is 13.0. The van der Waals surface area contributed by atoms with Gasteiger partial charge in [-0.25, -0.2) is 0 Å². The van der Waals surface area contributed by atoms with Gasteiger partial charge in [-0.05, 0) is 119 Å². The lowest BCUT2D eigenvalue weighted by molar-refractivity contribution is 1.33. The summed E-state index contributed by atoms with van der Waals surface area (Å²) in [6.07, 6.45) is 2.02. The van der Waals surface area contributed by atoms with Crippen molar-refractivity contribution < 1.29 is 0 Å². The predicted octanol–water partition coefficient (Wildman–Crippen LogP) is 14.6. The topological polar surface area (TPSA) is 12.9 Å². The summed E-state index contributed by atoms with van der Waals surface area (Å²) in [7, 11) is 0. The van der Waals surface area contributed by atoms with Crippen molar-refractivity contribution in [3.05, 3.63) is 199 Å². The van der Waals surface area contributed by atoms with Crippen LogP contribution in [0.1, 0.15) is 11.1 Å². The summed E-state index contributed by atoms with van der Waals surface area (Å²) in [4.78, 5) is 4.98. The van der Waals surface area contributed by atoms with Crippen LogP contribution in [-0.2, 0) is 0 Å². The van der Waals surface area contributed by atoms with Crippen LogP contribution in [-0.4, -0.2) is 4.98 Å². The smallest absolute Gasteiger partial charge is 0.0708 e. The monoisotopic (exact) mass is 687 g/mol. The average molecular weight is 688 g/mol. The molecule has 0 atom stereocenters. The zero-order valence-electron chi connectivity index (χ0n) is 30.3. The van der Waals surface area contributed by atoms with E-state index < -0.39 is 0 Å². The molecule has 0 radical (unpaired) electrons. The molecule has 0 aliphatic carbocycles. The van der Waals surface area contributed by atoms with Gasteiger partial charge in [0.15, 0.2) is 0 Å². The van der Waals surface area contributed by atoms with Crippen molar-refractivity contribution in [2.75, 3.05) is 0 Å². The summed E-state index contributed by atoms with van der Waals surface area (Å²) in [5.74, 6) is 0. The van der Waals surface area contributed by atoms with Crippen LogP contribution in [0.25, 0.3) is 98.9 Å². The molecule has 0 saturated heterocycles. The maximum absolute atomic E-state index is 4.98. The molecule has 1 nitrogen and oxygen atoms in total. The maximum Gasteiger partial charge on any atom is 0.0708 e. The first-order valence-electron chi connectivity index (χ1n) is 18.7. The van der Waals surface area contributed by atoms with E-state index in [4.69, 9.17) is 4.98 Å². The van der Waals surface area contributed by atoms with Gasteiger partial charge in [-0.1, -0.05) is 170 Å². The van der Waals surface area contributed by atoms with Crippen LogP contribution in [0.5, 0.6) is 0 Å². The second-order valence-electron chi connectivity index (χ2n) is 14.4. The highest BCUT2D eigenvalue weighted by Crippen LogP contribution is 2.47. The van der Waals surface area contributed by atoms with Gasteiger partial charge in [-0.15, -0.1) is 0 Å². The van der Waals surface area contributed by atoms with Crippen LogP contribution in [0.3, 0.4) is 0 Å². The minimum Gasteiger partial charge on any atom is -0.256 e. The van der Waals surface area contributed by atoms with Crippen molar-refractivity contribution in [2.24, 2.45) is 0 Å². The fraction of sp³-hybridized carbons (Fsp3) is 0.0377. The molecular formula is C53H37N. The Morgan fingerprint density at radius 3 is 1.44 bits per heavy atom. The van der Waals surface area contributed by atoms with E-state index in [2.05, 4.69) is 196 Å². The Bertz CT molecular complexity index is 2980. The fourth-order valence-electron chi connectivity index (χ4n) is 8.74. The van der Waals surface area contributed by atoms with Gasteiger partial charge in [0, 0.05) is 17.3 Å². The Kier molecular flexibility index (Phi) is 7.66. The molecule has 0 aliphatic heterocycles. The van der Waals surface area contributed by atoms with Gasteiger partial charge < -0.3 is 0 Å². The molecule has 10 rings (SSSR count). The zero-order valence-corrected chi connectivity index (χ0v) is 30.3. The van der Waals surface area contributed by atoms with Gasteiger partial charge in [-0.2, -0.15) is 0 Å². The summed E-state index contributed by atoms with van der Waals surface area (Å²) in [6.45, 7) is 4.44. The lowest BCUT2D eigenvalue weighted by Gasteiger charge is -2.20. The van der Waals surface area contributed by atoms with Crippen molar-refractivity contribution in [1.82, 2.24) is 4.98 Å². The van der Waals surface area contributed by atoms with Crippen molar-refractivity contribution in [1.29, 1.82) is 0 Å². The number of benzene rings is 9. The Morgan fingerprint density at radius 2 is 0.796 bits per heavy atom. The number of fused-ring (bicyclic) bond motifs is 4. The predicted molar refractivity (Wildman–Crippen MR) is 231 cm³/mol. The first-order valence-corrected chi connectivity index (χ1v) is 18.7. The molecule has 0 bridgehead atoms. The third-order valence-corrected chi connectivity index (χ3v) is 11.2. The number of rotatable bonds is 5. The summed E-state index contributed by atoms with van der Waals surface area (Å²) in [5.41, 5.74) is 14.6. The molecule has 1 aromatic heterocycles. The van der Waals surface area contributed by atoms with Gasteiger partial charge >= 0.3 is 0 Å². The Morgan fingerprint density at radius 1 is 0.315 bits per heavy atom. The molecule has 254 valence electrons. The highest BCUT2D eigenvalue weighted by atomic mass is 14.7.